The summed E-state index contributed by atoms with van der Waals surface area (Å²) in [6, 6.07) is 6.21. The number of hydrogen-bond acceptors (Lipinski definition) is 3. The summed E-state index contributed by atoms with van der Waals surface area (Å²) in [7, 11) is 0. The molecule has 4 heteroatoms. The summed E-state index contributed by atoms with van der Waals surface area (Å²) in [5, 5.41) is 0. The summed E-state index contributed by atoms with van der Waals surface area (Å²) in [4.78, 5) is 21.6. The molecule has 0 amide bonds. The van der Waals surface area contributed by atoms with Gasteiger partial charge in [-0.25, -0.2) is 0 Å². The van der Waals surface area contributed by atoms with E-state index < -0.39 is 0 Å². The summed E-state index contributed by atoms with van der Waals surface area (Å²) < 4.78 is 0. The van der Waals surface area contributed by atoms with Crippen molar-refractivity contribution in [1.82, 2.24) is 4.98 Å². The Kier molecular flexibility index (Phi) is 5.12. The van der Waals surface area contributed by atoms with Crippen molar-refractivity contribution in [2.45, 2.75) is 40.2 Å². The third-order valence-electron chi connectivity index (χ3n) is 3.49. The molecule has 0 saturated heterocycles. The number of thiophene rings is 1. The highest BCUT2D eigenvalue weighted by molar-refractivity contribution is 7.15. The Hall–Kier alpha value is -1.68. The maximum Gasteiger partial charge on any atom is 0.251 e. The Balaban J connectivity index is 2.31. The zero-order chi connectivity index (χ0) is 15.4. The molecule has 1 N–H and O–H groups in total. The number of nitrogens with zero attached hydrogens (tertiary/aromatic N) is 1. The number of aromatic amines is 1. The van der Waals surface area contributed by atoms with E-state index in [9.17, 15) is 4.79 Å². The molecule has 0 unspecified atom stereocenters. The van der Waals surface area contributed by atoms with Gasteiger partial charge < -0.3 is 4.98 Å². The molecule has 2 heterocycles. The molecular weight excluding hydrogens is 280 g/mol. The average Bonchev–Trinajstić information content (AvgIpc) is 2.93. The number of hydrogen-bond donors (Lipinski definition) is 1. The lowest BCUT2D eigenvalue weighted by Crippen LogP contribution is -2.13. The quantitative estimate of drug-likeness (QED) is 0.828. The summed E-state index contributed by atoms with van der Waals surface area (Å²) >= 11 is 1.72. The second-order valence-corrected chi connectivity index (χ2v) is 6.19. The van der Waals surface area contributed by atoms with Crippen molar-refractivity contribution in [3.63, 3.8) is 0 Å². The molecule has 21 heavy (non-hydrogen) atoms. The van der Waals surface area contributed by atoms with E-state index in [1.54, 1.807) is 11.3 Å². The fourth-order valence-electron chi connectivity index (χ4n) is 2.09. The molecule has 0 aliphatic carbocycles. The molecule has 3 nitrogen and oxygen atoms in total. The molecule has 0 spiro atoms. The molecule has 0 fully saturated rings. The van der Waals surface area contributed by atoms with Crippen LogP contribution < -0.4 is 5.56 Å². The highest BCUT2D eigenvalue weighted by Gasteiger charge is 2.09. The maximum absolute atomic E-state index is 11.8. The van der Waals surface area contributed by atoms with Gasteiger partial charge in [-0.1, -0.05) is 13.8 Å². The van der Waals surface area contributed by atoms with Gasteiger partial charge in [-0.05, 0) is 44.9 Å². The first-order chi connectivity index (χ1) is 10.0. The van der Waals surface area contributed by atoms with Gasteiger partial charge in [0.2, 0.25) is 0 Å². The minimum Gasteiger partial charge on any atom is -0.326 e. The van der Waals surface area contributed by atoms with Gasteiger partial charge in [0.15, 0.2) is 0 Å². The van der Waals surface area contributed by atoms with Crippen LogP contribution in [0, 0.1) is 13.8 Å². The first-order valence-electron chi connectivity index (χ1n) is 7.22. The fourth-order valence-corrected chi connectivity index (χ4v) is 3.10. The van der Waals surface area contributed by atoms with E-state index in [-0.39, 0.29) is 5.56 Å². The normalized spacial score (nSPS) is 11.9. The molecule has 2 aromatic heterocycles. The highest BCUT2D eigenvalue weighted by Crippen LogP contribution is 2.30. The third-order valence-corrected chi connectivity index (χ3v) is 4.59. The van der Waals surface area contributed by atoms with Gasteiger partial charge in [0.25, 0.3) is 5.56 Å². The van der Waals surface area contributed by atoms with Crippen LogP contribution in [0.5, 0.6) is 0 Å². The van der Waals surface area contributed by atoms with Gasteiger partial charge >= 0.3 is 0 Å². The second kappa shape index (κ2) is 6.85. The van der Waals surface area contributed by atoms with Crippen LogP contribution in [-0.4, -0.2) is 10.7 Å². The lowest BCUT2D eigenvalue weighted by atomic mass is 10.1. The number of nitrogens with one attached hydrogen (secondary N) is 1. The number of aromatic nitrogens is 1. The molecule has 0 aromatic carbocycles. The minimum absolute atomic E-state index is 0.0183. The largest absolute Gasteiger partial charge is 0.326 e. The van der Waals surface area contributed by atoms with Gasteiger partial charge in [-0.2, -0.15) is 0 Å². The summed E-state index contributed by atoms with van der Waals surface area (Å²) in [5.41, 5.74) is 3.80. The highest BCUT2D eigenvalue weighted by atomic mass is 32.1. The first-order valence-corrected chi connectivity index (χ1v) is 8.04. The molecule has 1 radical (unpaired) electrons. The van der Waals surface area contributed by atoms with E-state index in [1.165, 1.54) is 9.75 Å². The molecule has 2 rings (SSSR count). The molecule has 0 aliphatic heterocycles. The number of rotatable bonds is 5. The molecule has 0 saturated carbocycles. The van der Waals surface area contributed by atoms with Crippen molar-refractivity contribution in [1.29, 1.82) is 0 Å². The predicted molar refractivity (Wildman–Crippen MR) is 91.3 cm³/mol. The molecule has 0 atom stereocenters. The van der Waals surface area contributed by atoms with Crippen LogP contribution in [0.1, 0.15) is 36.4 Å². The zero-order valence-corrected chi connectivity index (χ0v) is 13.6. The van der Waals surface area contributed by atoms with Crippen LogP contribution in [0.3, 0.4) is 0 Å². The lowest BCUT2D eigenvalue weighted by Gasteiger charge is -2.05. The smallest absolute Gasteiger partial charge is 0.251 e. The van der Waals surface area contributed by atoms with Crippen LogP contribution >= 0.6 is 11.3 Å². The molecule has 111 valence electrons. The van der Waals surface area contributed by atoms with Crippen LogP contribution in [0.4, 0.5) is 0 Å². The van der Waals surface area contributed by atoms with E-state index in [0.29, 0.717) is 6.54 Å². The van der Waals surface area contributed by atoms with Crippen molar-refractivity contribution >= 4 is 17.0 Å². The van der Waals surface area contributed by atoms with Gasteiger partial charge in [-0.15, -0.1) is 11.3 Å². The van der Waals surface area contributed by atoms with Gasteiger partial charge in [0.1, 0.15) is 0 Å². The Bertz CT molecular complexity index is 710. The van der Waals surface area contributed by atoms with Crippen molar-refractivity contribution in [3.8, 4) is 10.4 Å². The maximum atomic E-state index is 11.8. The monoisotopic (exact) mass is 301 g/mol. The zero-order valence-electron chi connectivity index (χ0n) is 12.8. The third kappa shape index (κ3) is 3.70. The Morgan fingerprint density at radius 3 is 2.81 bits per heavy atom. The number of aryl methyl sites for hydroxylation is 2. The Labute approximate surface area is 129 Å². The van der Waals surface area contributed by atoms with E-state index in [2.05, 4.69) is 36.0 Å². The van der Waals surface area contributed by atoms with Gasteiger partial charge in [0, 0.05) is 32.3 Å². The SMILES string of the molecule is [CH2]C(CC)=NCc1ccc(-c2cc(CC)c(=O)[nH]c2C)s1. The summed E-state index contributed by atoms with van der Waals surface area (Å²) in [6.45, 7) is 10.6. The number of pyridine rings is 1. The molecule has 2 aromatic rings. The van der Waals surface area contributed by atoms with Gasteiger partial charge in [-0.3, -0.25) is 9.79 Å². The summed E-state index contributed by atoms with van der Waals surface area (Å²) in [6.07, 6.45) is 1.63. The minimum atomic E-state index is 0.0183. The Morgan fingerprint density at radius 1 is 1.38 bits per heavy atom. The van der Waals surface area contributed by atoms with Crippen LogP contribution in [0.25, 0.3) is 10.4 Å². The molecule has 0 aliphatic rings. The average molecular weight is 301 g/mol. The van der Waals surface area contributed by atoms with Crippen LogP contribution in [0.2, 0.25) is 0 Å². The molecular formula is C17H21N2OS. The van der Waals surface area contributed by atoms with Crippen molar-refractivity contribution in [2.24, 2.45) is 4.99 Å². The first kappa shape index (κ1) is 15.7. The topological polar surface area (TPSA) is 45.2 Å². The van der Waals surface area contributed by atoms with Crippen molar-refractivity contribution in [3.05, 3.63) is 51.6 Å². The van der Waals surface area contributed by atoms with Crippen molar-refractivity contribution < 1.29 is 0 Å². The second-order valence-electron chi connectivity index (χ2n) is 5.02. The Morgan fingerprint density at radius 2 is 2.14 bits per heavy atom. The summed E-state index contributed by atoms with van der Waals surface area (Å²) in [5.74, 6) is 0. The molecule has 0 bridgehead atoms. The van der Waals surface area contributed by atoms with Crippen LogP contribution in [-0.2, 0) is 13.0 Å². The van der Waals surface area contributed by atoms with E-state index in [1.807, 2.05) is 19.9 Å². The fraction of sp³-hybridized carbons (Fsp3) is 0.353. The predicted octanol–water partition coefficient (Wildman–Crippen LogP) is 4.16. The van der Waals surface area contributed by atoms with E-state index >= 15 is 0 Å². The van der Waals surface area contributed by atoms with Gasteiger partial charge in [0.05, 0.1) is 6.54 Å². The van der Waals surface area contributed by atoms with Crippen molar-refractivity contribution in [2.75, 3.05) is 0 Å². The lowest BCUT2D eigenvalue weighted by molar-refractivity contribution is 1.03. The van der Waals surface area contributed by atoms with E-state index in [0.717, 1.165) is 35.4 Å². The number of aliphatic imine (C=N–C) groups is 1. The van der Waals surface area contributed by atoms with E-state index in [4.69, 9.17) is 0 Å². The number of H-pyrrole nitrogens is 1. The van der Waals surface area contributed by atoms with Crippen LogP contribution in [0.15, 0.2) is 28.0 Å². The standard InChI is InChI=1S/C17H21N2OS/c1-5-11(3)18-10-14-7-8-16(21-14)15-9-13(6-2)17(20)19-12(15)4/h7-9H,3,5-6,10H2,1-2,4H3,(H,19,20).